The quantitative estimate of drug-likeness (QED) is 0.818. The van der Waals surface area contributed by atoms with E-state index in [0.29, 0.717) is 12.5 Å². The number of likely N-dealkylation sites (N-methyl/N-ethyl adjacent to an activating group) is 1. The standard InChI is InChI=1S/C16H27FN2/c1-5-12(3)11-19(6-2)16(10-18)15-8-7-14(17)9-13(15)4/h7-9,12,16H,5-6,10-11,18H2,1-4H3. The fraction of sp³-hybridized carbons (Fsp3) is 0.625. The molecule has 2 unspecified atom stereocenters. The molecule has 19 heavy (non-hydrogen) atoms. The summed E-state index contributed by atoms with van der Waals surface area (Å²) in [5, 5.41) is 0. The molecule has 2 N–H and O–H groups in total. The van der Waals surface area contributed by atoms with Gasteiger partial charge < -0.3 is 5.73 Å². The first-order chi connectivity index (χ1) is 9.03. The Morgan fingerprint density at radius 2 is 2.00 bits per heavy atom. The van der Waals surface area contributed by atoms with Gasteiger partial charge in [0.25, 0.3) is 0 Å². The van der Waals surface area contributed by atoms with Crippen LogP contribution in [-0.4, -0.2) is 24.5 Å². The zero-order chi connectivity index (χ0) is 14.4. The van der Waals surface area contributed by atoms with Gasteiger partial charge in [0.2, 0.25) is 0 Å². The second-order valence-corrected chi connectivity index (χ2v) is 5.35. The number of benzene rings is 1. The van der Waals surface area contributed by atoms with Crippen LogP contribution in [0.1, 0.15) is 44.4 Å². The first-order valence-corrected chi connectivity index (χ1v) is 7.23. The van der Waals surface area contributed by atoms with Crippen molar-refractivity contribution in [2.24, 2.45) is 11.7 Å². The van der Waals surface area contributed by atoms with Crippen LogP contribution in [0.2, 0.25) is 0 Å². The normalized spacial score (nSPS) is 14.7. The highest BCUT2D eigenvalue weighted by Gasteiger charge is 2.20. The maximum absolute atomic E-state index is 13.2. The van der Waals surface area contributed by atoms with Crippen molar-refractivity contribution in [3.8, 4) is 0 Å². The van der Waals surface area contributed by atoms with E-state index in [-0.39, 0.29) is 11.9 Å². The van der Waals surface area contributed by atoms with Crippen LogP contribution in [0, 0.1) is 18.7 Å². The van der Waals surface area contributed by atoms with Crippen molar-refractivity contribution in [2.45, 2.75) is 40.2 Å². The summed E-state index contributed by atoms with van der Waals surface area (Å²) in [5.41, 5.74) is 8.10. The molecule has 2 atom stereocenters. The van der Waals surface area contributed by atoms with E-state index in [1.807, 2.05) is 13.0 Å². The Hall–Kier alpha value is -0.930. The summed E-state index contributed by atoms with van der Waals surface area (Å²) in [6, 6.07) is 5.18. The number of hydrogen-bond acceptors (Lipinski definition) is 2. The average molecular weight is 266 g/mol. The maximum Gasteiger partial charge on any atom is 0.123 e. The predicted octanol–water partition coefficient (Wildman–Crippen LogP) is 3.50. The smallest absolute Gasteiger partial charge is 0.123 e. The van der Waals surface area contributed by atoms with E-state index >= 15 is 0 Å². The Kier molecular flexibility index (Phi) is 6.46. The number of rotatable bonds is 7. The molecular weight excluding hydrogens is 239 g/mol. The molecule has 0 aliphatic carbocycles. The highest BCUT2D eigenvalue weighted by Crippen LogP contribution is 2.24. The van der Waals surface area contributed by atoms with E-state index in [1.165, 1.54) is 6.07 Å². The molecule has 0 aliphatic rings. The van der Waals surface area contributed by atoms with Crippen molar-refractivity contribution in [1.82, 2.24) is 4.90 Å². The molecule has 1 rings (SSSR count). The molecule has 3 heteroatoms. The molecule has 0 aliphatic heterocycles. The Balaban J connectivity index is 2.96. The lowest BCUT2D eigenvalue weighted by molar-refractivity contribution is 0.182. The van der Waals surface area contributed by atoms with Crippen LogP contribution >= 0.6 is 0 Å². The average Bonchev–Trinajstić information content (AvgIpc) is 2.40. The van der Waals surface area contributed by atoms with Crippen molar-refractivity contribution in [2.75, 3.05) is 19.6 Å². The lowest BCUT2D eigenvalue weighted by Gasteiger charge is -2.33. The van der Waals surface area contributed by atoms with E-state index in [0.717, 1.165) is 30.6 Å². The Morgan fingerprint density at radius 1 is 1.32 bits per heavy atom. The number of hydrogen-bond donors (Lipinski definition) is 1. The summed E-state index contributed by atoms with van der Waals surface area (Å²) < 4.78 is 13.2. The van der Waals surface area contributed by atoms with Gasteiger partial charge in [-0.3, -0.25) is 4.90 Å². The van der Waals surface area contributed by atoms with Gasteiger partial charge in [-0.1, -0.05) is 33.3 Å². The molecule has 0 amide bonds. The van der Waals surface area contributed by atoms with Gasteiger partial charge in [0, 0.05) is 19.1 Å². The lowest BCUT2D eigenvalue weighted by Crippen LogP contribution is -2.37. The van der Waals surface area contributed by atoms with Crippen LogP contribution in [0.3, 0.4) is 0 Å². The molecular formula is C16H27FN2. The molecule has 1 aromatic carbocycles. The van der Waals surface area contributed by atoms with E-state index < -0.39 is 0 Å². The van der Waals surface area contributed by atoms with Crippen LogP contribution < -0.4 is 5.73 Å². The Bertz CT molecular complexity index is 392. The van der Waals surface area contributed by atoms with Crippen molar-refractivity contribution in [1.29, 1.82) is 0 Å². The lowest BCUT2D eigenvalue weighted by atomic mass is 9.98. The van der Waals surface area contributed by atoms with Gasteiger partial charge in [-0.2, -0.15) is 0 Å². The number of nitrogens with two attached hydrogens (primary N) is 1. The number of nitrogens with zero attached hydrogens (tertiary/aromatic N) is 1. The molecule has 0 aromatic heterocycles. The molecule has 0 saturated heterocycles. The molecule has 0 radical (unpaired) electrons. The summed E-state index contributed by atoms with van der Waals surface area (Å²) in [7, 11) is 0. The summed E-state index contributed by atoms with van der Waals surface area (Å²) in [6.07, 6.45) is 1.16. The Morgan fingerprint density at radius 3 is 2.47 bits per heavy atom. The minimum absolute atomic E-state index is 0.179. The molecule has 0 saturated carbocycles. The largest absolute Gasteiger partial charge is 0.329 e. The Labute approximate surface area is 116 Å². The first-order valence-electron chi connectivity index (χ1n) is 7.23. The summed E-state index contributed by atoms with van der Waals surface area (Å²) in [5.74, 6) is 0.469. The molecule has 0 heterocycles. The van der Waals surface area contributed by atoms with Gasteiger partial charge in [-0.15, -0.1) is 0 Å². The topological polar surface area (TPSA) is 29.3 Å². The minimum atomic E-state index is -0.179. The molecule has 1 aromatic rings. The summed E-state index contributed by atoms with van der Waals surface area (Å²) in [6.45, 7) is 11.1. The summed E-state index contributed by atoms with van der Waals surface area (Å²) in [4.78, 5) is 2.40. The zero-order valence-electron chi connectivity index (χ0n) is 12.6. The zero-order valence-corrected chi connectivity index (χ0v) is 12.6. The number of halogens is 1. The second-order valence-electron chi connectivity index (χ2n) is 5.35. The van der Waals surface area contributed by atoms with Gasteiger partial charge in [-0.05, 0) is 42.6 Å². The monoisotopic (exact) mass is 266 g/mol. The van der Waals surface area contributed by atoms with Crippen LogP contribution in [0.25, 0.3) is 0 Å². The highest BCUT2D eigenvalue weighted by molar-refractivity contribution is 5.30. The van der Waals surface area contributed by atoms with Crippen LogP contribution in [0.4, 0.5) is 4.39 Å². The molecule has 0 bridgehead atoms. The first kappa shape index (κ1) is 16.1. The number of aryl methyl sites for hydroxylation is 1. The van der Waals surface area contributed by atoms with Gasteiger partial charge in [-0.25, -0.2) is 4.39 Å². The molecule has 0 spiro atoms. The highest BCUT2D eigenvalue weighted by atomic mass is 19.1. The van der Waals surface area contributed by atoms with Gasteiger partial charge in [0.05, 0.1) is 0 Å². The minimum Gasteiger partial charge on any atom is -0.329 e. The fourth-order valence-corrected chi connectivity index (χ4v) is 2.49. The molecule has 0 fully saturated rings. The van der Waals surface area contributed by atoms with Crippen molar-refractivity contribution < 1.29 is 4.39 Å². The van der Waals surface area contributed by atoms with Gasteiger partial charge >= 0.3 is 0 Å². The van der Waals surface area contributed by atoms with Crippen LogP contribution in [0.5, 0.6) is 0 Å². The second kappa shape index (κ2) is 7.61. The van der Waals surface area contributed by atoms with E-state index in [2.05, 4.69) is 25.7 Å². The van der Waals surface area contributed by atoms with E-state index in [4.69, 9.17) is 5.73 Å². The van der Waals surface area contributed by atoms with Gasteiger partial charge in [0.1, 0.15) is 5.82 Å². The molecule has 108 valence electrons. The van der Waals surface area contributed by atoms with E-state index in [1.54, 1.807) is 6.07 Å². The van der Waals surface area contributed by atoms with E-state index in [9.17, 15) is 4.39 Å². The predicted molar refractivity (Wildman–Crippen MR) is 79.6 cm³/mol. The third-order valence-corrected chi connectivity index (χ3v) is 3.90. The van der Waals surface area contributed by atoms with Crippen molar-refractivity contribution >= 4 is 0 Å². The summed E-state index contributed by atoms with van der Waals surface area (Å²) >= 11 is 0. The van der Waals surface area contributed by atoms with Crippen molar-refractivity contribution in [3.63, 3.8) is 0 Å². The third kappa shape index (κ3) is 4.29. The molecule has 2 nitrogen and oxygen atoms in total. The van der Waals surface area contributed by atoms with Gasteiger partial charge in [0.15, 0.2) is 0 Å². The van der Waals surface area contributed by atoms with Crippen molar-refractivity contribution in [3.05, 3.63) is 35.1 Å². The van der Waals surface area contributed by atoms with Crippen LogP contribution in [0.15, 0.2) is 18.2 Å². The van der Waals surface area contributed by atoms with Crippen LogP contribution in [-0.2, 0) is 0 Å². The SMILES string of the molecule is CCC(C)CN(CC)C(CN)c1ccc(F)cc1C. The maximum atomic E-state index is 13.2. The third-order valence-electron chi connectivity index (χ3n) is 3.90. The fourth-order valence-electron chi connectivity index (χ4n) is 2.49.